The molecule has 3 heteroatoms. The number of rotatable bonds is 0. The topological polar surface area (TPSA) is 30.0 Å². The lowest BCUT2D eigenvalue weighted by atomic mass is 10.0. The zero-order valence-electron chi connectivity index (χ0n) is 6.25. The van der Waals surface area contributed by atoms with Gasteiger partial charge in [0.05, 0.1) is 5.69 Å². The number of ketones is 1. The molecule has 1 aromatic rings. The highest BCUT2D eigenvalue weighted by Crippen LogP contribution is 2.18. The highest BCUT2D eigenvalue weighted by Gasteiger charge is 2.10. The van der Waals surface area contributed by atoms with Crippen LogP contribution in [-0.2, 0) is 11.2 Å². The first-order chi connectivity index (χ1) is 5.75. The van der Waals surface area contributed by atoms with E-state index in [0.717, 1.165) is 15.7 Å². The number of aromatic nitrogens is 1. The molecule has 0 saturated carbocycles. The summed E-state index contributed by atoms with van der Waals surface area (Å²) in [5, 5.41) is 0. The maximum absolute atomic E-state index is 11.0. The van der Waals surface area contributed by atoms with E-state index in [0.29, 0.717) is 6.42 Å². The van der Waals surface area contributed by atoms with Gasteiger partial charge in [-0.3, -0.25) is 9.78 Å². The molecule has 0 N–H and O–H groups in total. The Morgan fingerprint density at radius 1 is 1.42 bits per heavy atom. The molecule has 2 nitrogen and oxygen atoms in total. The average Bonchev–Trinajstić information content (AvgIpc) is 2.03. The monoisotopic (exact) mass is 223 g/mol. The molecule has 1 aromatic heterocycles. The van der Waals surface area contributed by atoms with Gasteiger partial charge >= 0.3 is 0 Å². The third-order valence-electron chi connectivity index (χ3n) is 1.76. The number of carbonyl (C=O) groups excluding carboxylic acids is 1. The molecule has 0 unspecified atom stereocenters. The fraction of sp³-hybridized carbons (Fsp3) is 0.111. The van der Waals surface area contributed by atoms with Crippen molar-refractivity contribution >= 4 is 27.8 Å². The van der Waals surface area contributed by atoms with Gasteiger partial charge in [-0.1, -0.05) is 0 Å². The summed E-state index contributed by atoms with van der Waals surface area (Å²) >= 11 is 3.31. The van der Waals surface area contributed by atoms with E-state index >= 15 is 0 Å². The van der Waals surface area contributed by atoms with E-state index < -0.39 is 0 Å². The quantitative estimate of drug-likeness (QED) is 0.674. The van der Waals surface area contributed by atoms with E-state index in [-0.39, 0.29) is 5.78 Å². The van der Waals surface area contributed by atoms with Crippen LogP contribution in [0.1, 0.15) is 11.3 Å². The summed E-state index contributed by atoms with van der Waals surface area (Å²) < 4.78 is 0.921. The minimum Gasteiger partial charge on any atom is -0.294 e. The van der Waals surface area contributed by atoms with Gasteiger partial charge in [0.25, 0.3) is 0 Å². The van der Waals surface area contributed by atoms with Crippen LogP contribution in [0.5, 0.6) is 0 Å². The summed E-state index contributed by atoms with van der Waals surface area (Å²) in [6.45, 7) is 0. The lowest BCUT2D eigenvalue weighted by Gasteiger charge is -2.07. The molecule has 0 bridgehead atoms. The summed E-state index contributed by atoms with van der Waals surface area (Å²) in [7, 11) is 0. The van der Waals surface area contributed by atoms with Crippen LogP contribution in [-0.4, -0.2) is 10.8 Å². The number of carbonyl (C=O) groups is 1. The zero-order chi connectivity index (χ0) is 8.55. The van der Waals surface area contributed by atoms with Gasteiger partial charge in [-0.05, 0) is 39.7 Å². The Bertz CT molecular complexity index is 371. The molecule has 60 valence electrons. The van der Waals surface area contributed by atoms with Crippen LogP contribution in [0.2, 0.25) is 0 Å². The maximum Gasteiger partial charge on any atom is 0.160 e. The first kappa shape index (κ1) is 7.68. The van der Waals surface area contributed by atoms with Crippen molar-refractivity contribution in [2.45, 2.75) is 6.42 Å². The van der Waals surface area contributed by atoms with Crippen LogP contribution in [0.3, 0.4) is 0 Å². The van der Waals surface area contributed by atoms with Crippen LogP contribution in [0.25, 0.3) is 6.08 Å². The number of allylic oxidation sites excluding steroid dienone is 1. The fourth-order valence-corrected chi connectivity index (χ4v) is 1.58. The van der Waals surface area contributed by atoms with Crippen LogP contribution in [0.4, 0.5) is 0 Å². The van der Waals surface area contributed by atoms with E-state index in [4.69, 9.17) is 0 Å². The van der Waals surface area contributed by atoms with Gasteiger partial charge in [0.2, 0.25) is 0 Å². The largest absolute Gasteiger partial charge is 0.294 e. The van der Waals surface area contributed by atoms with Gasteiger partial charge in [0.1, 0.15) is 0 Å². The molecular formula is C9H6BrNO. The second-order valence-corrected chi connectivity index (χ2v) is 3.59. The van der Waals surface area contributed by atoms with Crippen molar-refractivity contribution < 1.29 is 4.79 Å². The molecule has 2 rings (SSSR count). The summed E-state index contributed by atoms with van der Waals surface area (Å²) in [6, 6.07) is 1.93. The summed E-state index contributed by atoms with van der Waals surface area (Å²) in [4.78, 5) is 15.2. The first-order valence-corrected chi connectivity index (χ1v) is 4.40. The minimum absolute atomic E-state index is 0.141. The Kier molecular flexibility index (Phi) is 1.81. The normalized spacial score (nSPS) is 14.6. The molecule has 1 heterocycles. The smallest absolute Gasteiger partial charge is 0.160 e. The van der Waals surface area contributed by atoms with Gasteiger partial charge in [-0.15, -0.1) is 0 Å². The third kappa shape index (κ3) is 1.32. The van der Waals surface area contributed by atoms with Crippen LogP contribution in [0.15, 0.2) is 22.8 Å². The van der Waals surface area contributed by atoms with E-state index in [9.17, 15) is 4.79 Å². The summed E-state index contributed by atoms with van der Waals surface area (Å²) in [6.07, 6.45) is 5.54. The number of halogens is 1. The molecule has 1 aliphatic carbocycles. The van der Waals surface area contributed by atoms with Crippen LogP contribution in [0, 0.1) is 0 Å². The average molecular weight is 224 g/mol. The molecule has 0 aliphatic heterocycles. The lowest BCUT2D eigenvalue weighted by molar-refractivity contribution is -0.114. The van der Waals surface area contributed by atoms with Gasteiger partial charge in [-0.25, -0.2) is 0 Å². The van der Waals surface area contributed by atoms with Crippen molar-refractivity contribution in [2.75, 3.05) is 0 Å². The SMILES string of the molecule is O=C1C=Cc2ncc(Br)cc2C1. The van der Waals surface area contributed by atoms with Crippen molar-refractivity contribution in [1.29, 1.82) is 0 Å². The van der Waals surface area contributed by atoms with Gasteiger partial charge in [-0.2, -0.15) is 0 Å². The highest BCUT2D eigenvalue weighted by molar-refractivity contribution is 9.10. The van der Waals surface area contributed by atoms with Crippen molar-refractivity contribution in [3.8, 4) is 0 Å². The molecule has 0 radical (unpaired) electrons. The standard InChI is InChI=1S/C9H6BrNO/c10-7-3-6-4-8(12)1-2-9(6)11-5-7/h1-3,5H,4H2. The Balaban J connectivity index is 2.54. The molecule has 0 spiro atoms. The molecule has 0 atom stereocenters. The molecule has 0 saturated heterocycles. The van der Waals surface area contributed by atoms with Crippen molar-refractivity contribution in [3.63, 3.8) is 0 Å². The number of fused-ring (bicyclic) bond motifs is 1. The fourth-order valence-electron chi connectivity index (χ4n) is 1.20. The predicted octanol–water partition coefficient (Wildman–Crippen LogP) is 1.98. The maximum atomic E-state index is 11.0. The van der Waals surface area contributed by atoms with Crippen molar-refractivity contribution in [1.82, 2.24) is 4.98 Å². The molecule has 1 aliphatic rings. The minimum atomic E-state index is 0.141. The Labute approximate surface area is 78.4 Å². The highest BCUT2D eigenvalue weighted by atomic mass is 79.9. The number of hydrogen-bond acceptors (Lipinski definition) is 2. The molecule has 0 amide bonds. The molecule has 0 aromatic carbocycles. The second-order valence-electron chi connectivity index (χ2n) is 2.67. The second kappa shape index (κ2) is 2.83. The van der Waals surface area contributed by atoms with E-state index in [1.807, 2.05) is 6.07 Å². The first-order valence-electron chi connectivity index (χ1n) is 3.61. The summed E-state index contributed by atoms with van der Waals surface area (Å²) in [5.74, 6) is 0.141. The summed E-state index contributed by atoms with van der Waals surface area (Å²) in [5.41, 5.74) is 1.90. The Hall–Kier alpha value is -0.960. The number of hydrogen-bond donors (Lipinski definition) is 0. The van der Waals surface area contributed by atoms with E-state index in [1.165, 1.54) is 0 Å². The molecule has 12 heavy (non-hydrogen) atoms. The zero-order valence-corrected chi connectivity index (χ0v) is 7.84. The molecular weight excluding hydrogens is 218 g/mol. The number of pyridine rings is 1. The Morgan fingerprint density at radius 2 is 2.25 bits per heavy atom. The van der Waals surface area contributed by atoms with Gasteiger partial charge < -0.3 is 0 Å². The predicted molar refractivity (Wildman–Crippen MR) is 49.7 cm³/mol. The van der Waals surface area contributed by atoms with Gasteiger partial charge in [0.15, 0.2) is 5.78 Å². The van der Waals surface area contributed by atoms with Crippen LogP contribution < -0.4 is 0 Å². The number of nitrogens with zero attached hydrogens (tertiary/aromatic N) is 1. The van der Waals surface area contributed by atoms with Crippen LogP contribution >= 0.6 is 15.9 Å². The van der Waals surface area contributed by atoms with Gasteiger partial charge in [0, 0.05) is 17.1 Å². The van der Waals surface area contributed by atoms with Crippen molar-refractivity contribution in [3.05, 3.63) is 34.1 Å². The third-order valence-corrected chi connectivity index (χ3v) is 2.19. The lowest BCUT2D eigenvalue weighted by Crippen LogP contribution is -2.06. The Morgan fingerprint density at radius 3 is 3.08 bits per heavy atom. The van der Waals surface area contributed by atoms with Crippen molar-refractivity contribution in [2.24, 2.45) is 0 Å². The van der Waals surface area contributed by atoms with E-state index in [1.54, 1.807) is 18.3 Å². The van der Waals surface area contributed by atoms with E-state index in [2.05, 4.69) is 20.9 Å². The molecule has 0 fully saturated rings.